The van der Waals surface area contributed by atoms with Crippen molar-refractivity contribution in [2.24, 2.45) is 0 Å². The van der Waals surface area contributed by atoms with Crippen molar-refractivity contribution in [1.82, 2.24) is 15.1 Å². The number of aliphatic carboxylic acids is 1. The molecule has 26 heavy (non-hydrogen) atoms. The first kappa shape index (κ1) is 20.2. The van der Waals surface area contributed by atoms with Gasteiger partial charge in [-0.1, -0.05) is 37.3 Å². The molecule has 2 N–H and O–H groups in total. The topological polar surface area (TPSA) is 72.9 Å². The molecule has 0 aromatic heterocycles. The number of nitrogens with zero attached hydrogens (tertiary/aromatic N) is 2. The number of hydrogen-bond donors (Lipinski definition) is 2. The zero-order valence-corrected chi connectivity index (χ0v) is 15.7. The molecule has 6 nitrogen and oxygen atoms in total. The van der Waals surface area contributed by atoms with Crippen molar-refractivity contribution in [3.8, 4) is 0 Å². The lowest BCUT2D eigenvalue weighted by Crippen LogP contribution is -2.53. The molecule has 1 unspecified atom stereocenters. The predicted octanol–water partition coefficient (Wildman–Crippen LogP) is 2.94. The Bertz CT molecular complexity index is 565. The monoisotopic (exact) mass is 361 g/mol. The Balaban J connectivity index is 1.88. The average Bonchev–Trinajstić information content (AvgIpc) is 2.64. The SMILES string of the molecule is CCCN(C(=O)NCCCC(=O)O)C1CCCN(Cc2ccccc2)C1. The number of nitrogens with one attached hydrogen (secondary N) is 1. The fraction of sp³-hybridized carbons (Fsp3) is 0.600. The van der Waals surface area contributed by atoms with Crippen LogP contribution in [0, 0.1) is 0 Å². The minimum Gasteiger partial charge on any atom is -0.481 e. The molecule has 0 bridgehead atoms. The number of urea groups is 1. The maximum Gasteiger partial charge on any atom is 0.317 e. The van der Waals surface area contributed by atoms with Gasteiger partial charge in [0.1, 0.15) is 0 Å². The number of hydrogen-bond acceptors (Lipinski definition) is 3. The molecule has 0 radical (unpaired) electrons. The number of likely N-dealkylation sites (tertiary alicyclic amines) is 1. The average molecular weight is 361 g/mol. The summed E-state index contributed by atoms with van der Waals surface area (Å²) in [7, 11) is 0. The van der Waals surface area contributed by atoms with Crippen LogP contribution in [0.4, 0.5) is 4.79 Å². The van der Waals surface area contributed by atoms with Gasteiger partial charge in [0.15, 0.2) is 0 Å². The van der Waals surface area contributed by atoms with Gasteiger partial charge in [0.05, 0.1) is 0 Å². The van der Waals surface area contributed by atoms with E-state index >= 15 is 0 Å². The second-order valence-corrected chi connectivity index (χ2v) is 6.94. The number of benzene rings is 1. The van der Waals surface area contributed by atoms with Crippen molar-refractivity contribution >= 4 is 12.0 Å². The Hall–Kier alpha value is -2.08. The van der Waals surface area contributed by atoms with E-state index in [1.807, 2.05) is 11.0 Å². The van der Waals surface area contributed by atoms with E-state index in [0.29, 0.717) is 13.0 Å². The minimum absolute atomic E-state index is 0.0659. The highest BCUT2D eigenvalue weighted by Crippen LogP contribution is 2.18. The van der Waals surface area contributed by atoms with Crippen LogP contribution in [-0.2, 0) is 11.3 Å². The number of amides is 2. The third-order valence-electron chi connectivity index (χ3n) is 4.74. The highest BCUT2D eigenvalue weighted by Gasteiger charge is 2.28. The number of carboxylic acids is 1. The van der Waals surface area contributed by atoms with Crippen LogP contribution in [0.1, 0.15) is 44.6 Å². The van der Waals surface area contributed by atoms with E-state index in [0.717, 1.165) is 45.4 Å². The van der Waals surface area contributed by atoms with Gasteiger partial charge >= 0.3 is 12.0 Å². The number of carbonyl (C=O) groups excluding carboxylic acids is 1. The van der Waals surface area contributed by atoms with Crippen LogP contribution in [0.2, 0.25) is 0 Å². The van der Waals surface area contributed by atoms with E-state index in [1.54, 1.807) is 0 Å². The summed E-state index contributed by atoms with van der Waals surface area (Å²) in [5, 5.41) is 11.6. The maximum absolute atomic E-state index is 12.6. The van der Waals surface area contributed by atoms with Crippen molar-refractivity contribution in [2.75, 3.05) is 26.2 Å². The van der Waals surface area contributed by atoms with Gasteiger partial charge in [0, 0.05) is 38.6 Å². The van der Waals surface area contributed by atoms with Crippen molar-refractivity contribution in [3.63, 3.8) is 0 Å². The highest BCUT2D eigenvalue weighted by molar-refractivity contribution is 5.74. The van der Waals surface area contributed by atoms with Gasteiger partial charge in [-0.15, -0.1) is 0 Å². The number of rotatable bonds is 9. The summed E-state index contributed by atoms with van der Waals surface area (Å²) in [5.41, 5.74) is 1.30. The van der Waals surface area contributed by atoms with Gasteiger partial charge in [-0.05, 0) is 37.8 Å². The second-order valence-electron chi connectivity index (χ2n) is 6.94. The molecule has 1 aromatic carbocycles. The standard InChI is InChI=1S/C20H31N3O3/c1-2-13-23(20(26)21-12-6-11-19(24)25)18-10-7-14-22(16-18)15-17-8-4-3-5-9-17/h3-5,8-9,18H,2,6-7,10-16H2,1H3,(H,21,26)(H,24,25). The normalized spacial score (nSPS) is 17.7. The number of carbonyl (C=O) groups is 2. The quantitative estimate of drug-likeness (QED) is 0.663. The molecule has 1 aromatic rings. The van der Waals surface area contributed by atoms with E-state index in [4.69, 9.17) is 5.11 Å². The summed E-state index contributed by atoms with van der Waals surface area (Å²) in [6.45, 7) is 6.08. The molecule has 2 rings (SSSR count). The van der Waals surface area contributed by atoms with Gasteiger partial charge in [-0.2, -0.15) is 0 Å². The first-order chi connectivity index (χ1) is 12.6. The zero-order chi connectivity index (χ0) is 18.8. The molecule has 1 fully saturated rings. The maximum atomic E-state index is 12.6. The molecular weight excluding hydrogens is 330 g/mol. The minimum atomic E-state index is -0.825. The Morgan fingerprint density at radius 3 is 2.77 bits per heavy atom. The van der Waals surface area contributed by atoms with Crippen LogP contribution in [-0.4, -0.2) is 59.1 Å². The molecule has 6 heteroatoms. The van der Waals surface area contributed by atoms with Crippen molar-refractivity contribution in [3.05, 3.63) is 35.9 Å². The van der Waals surface area contributed by atoms with E-state index in [1.165, 1.54) is 5.56 Å². The van der Waals surface area contributed by atoms with Gasteiger partial charge < -0.3 is 15.3 Å². The summed E-state index contributed by atoms with van der Waals surface area (Å²) in [4.78, 5) is 27.5. The Morgan fingerprint density at radius 1 is 1.31 bits per heavy atom. The van der Waals surface area contributed by atoms with E-state index in [9.17, 15) is 9.59 Å². The molecule has 1 aliphatic rings. The van der Waals surface area contributed by atoms with Crippen LogP contribution >= 0.6 is 0 Å². The van der Waals surface area contributed by atoms with Crippen LogP contribution < -0.4 is 5.32 Å². The molecule has 1 atom stereocenters. The molecule has 0 saturated carbocycles. The third kappa shape index (κ3) is 6.67. The van der Waals surface area contributed by atoms with E-state index in [2.05, 4.69) is 41.4 Å². The van der Waals surface area contributed by atoms with Gasteiger partial charge in [-0.25, -0.2) is 4.79 Å². The fourth-order valence-electron chi connectivity index (χ4n) is 3.50. The number of carboxylic acid groups (broad SMARTS) is 1. The summed E-state index contributed by atoms with van der Waals surface area (Å²) in [5.74, 6) is -0.825. The van der Waals surface area contributed by atoms with E-state index < -0.39 is 5.97 Å². The van der Waals surface area contributed by atoms with Gasteiger partial charge in [0.25, 0.3) is 0 Å². The Kier molecular flexibility index (Phi) is 8.41. The summed E-state index contributed by atoms with van der Waals surface area (Å²) in [6, 6.07) is 10.6. The third-order valence-corrected chi connectivity index (χ3v) is 4.74. The van der Waals surface area contributed by atoms with Crippen LogP contribution in [0.25, 0.3) is 0 Å². The summed E-state index contributed by atoms with van der Waals surface area (Å²) >= 11 is 0. The molecule has 1 heterocycles. The predicted molar refractivity (Wildman–Crippen MR) is 102 cm³/mol. The summed E-state index contributed by atoms with van der Waals surface area (Å²) < 4.78 is 0. The Labute approximate surface area is 156 Å². The van der Waals surface area contributed by atoms with Crippen LogP contribution in [0.3, 0.4) is 0 Å². The molecular formula is C20H31N3O3. The van der Waals surface area contributed by atoms with Crippen LogP contribution in [0.15, 0.2) is 30.3 Å². The zero-order valence-electron chi connectivity index (χ0n) is 15.7. The molecule has 1 aliphatic heterocycles. The van der Waals surface area contributed by atoms with Crippen LogP contribution in [0.5, 0.6) is 0 Å². The lowest BCUT2D eigenvalue weighted by atomic mass is 10.0. The van der Waals surface area contributed by atoms with Crippen molar-refractivity contribution < 1.29 is 14.7 Å². The smallest absolute Gasteiger partial charge is 0.317 e. The molecule has 0 spiro atoms. The van der Waals surface area contributed by atoms with Crippen molar-refractivity contribution in [2.45, 2.75) is 51.6 Å². The fourth-order valence-corrected chi connectivity index (χ4v) is 3.50. The van der Waals surface area contributed by atoms with Gasteiger partial charge in [-0.3, -0.25) is 9.69 Å². The lowest BCUT2D eigenvalue weighted by Gasteiger charge is -2.39. The highest BCUT2D eigenvalue weighted by atomic mass is 16.4. The summed E-state index contributed by atoms with van der Waals surface area (Å²) in [6.07, 6.45) is 3.57. The molecule has 2 amide bonds. The molecule has 144 valence electrons. The second kappa shape index (κ2) is 10.8. The van der Waals surface area contributed by atoms with Gasteiger partial charge in [0.2, 0.25) is 0 Å². The largest absolute Gasteiger partial charge is 0.481 e. The van der Waals surface area contributed by atoms with Crippen molar-refractivity contribution in [1.29, 1.82) is 0 Å². The lowest BCUT2D eigenvalue weighted by molar-refractivity contribution is -0.137. The Morgan fingerprint density at radius 2 is 2.08 bits per heavy atom. The first-order valence-corrected chi connectivity index (χ1v) is 9.62. The van der Waals surface area contributed by atoms with E-state index in [-0.39, 0.29) is 18.5 Å². The first-order valence-electron chi connectivity index (χ1n) is 9.62. The number of piperidine rings is 1. The molecule has 0 aliphatic carbocycles. The molecule has 1 saturated heterocycles.